The Bertz CT molecular complexity index is 581. The number of fused-ring (bicyclic) bond motifs is 5. The summed E-state index contributed by atoms with van der Waals surface area (Å²) in [5, 5.41) is 9.78. The molecule has 0 amide bonds. The maximum Gasteiger partial charge on any atom is 0.115 e. The summed E-state index contributed by atoms with van der Waals surface area (Å²) in [6, 6.07) is 6.09. The topological polar surface area (TPSA) is 29.5 Å². The number of phenolic OH excluding ortho intramolecular Hbond substituents is 1. The molecule has 0 spiro atoms. The minimum Gasteiger partial charge on any atom is -0.508 e. The third kappa shape index (κ3) is 2.41. The van der Waals surface area contributed by atoms with Crippen LogP contribution in [0.25, 0.3) is 0 Å². The van der Waals surface area contributed by atoms with Crippen LogP contribution in [0.5, 0.6) is 5.75 Å². The fourth-order valence-corrected chi connectivity index (χ4v) is 6.05. The highest BCUT2D eigenvalue weighted by atomic mass is 16.5. The van der Waals surface area contributed by atoms with Crippen molar-refractivity contribution in [3.05, 3.63) is 29.3 Å². The van der Waals surface area contributed by atoms with Crippen molar-refractivity contribution in [2.75, 3.05) is 6.61 Å². The molecule has 3 aliphatic rings. The lowest BCUT2D eigenvalue weighted by molar-refractivity contribution is -0.0636. The number of rotatable bonds is 3. The predicted octanol–water partition coefficient (Wildman–Crippen LogP) is 5.04. The molecule has 23 heavy (non-hydrogen) atoms. The van der Waals surface area contributed by atoms with Gasteiger partial charge in [-0.1, -0.05) is 19.9 Å². The first-order valence-corrected chi connectivity index (χ1v) is 9.57. The van der Waals surface area contributed by atoms with Crippen molar-refractivity contribution in [3.63, 3.8) is 0 Å². The zero-order valence-corrected chi connectivity index (χ0v) is 14.6. The van der Waals surface area contributed by atoms with Crippen molar-refractivity contribution in [1.29, 1.82) is 0 Å². The first-order valence-electron chi connectivity index (χ1n) is 9.57. The Balaban J connectivity index is 1.59. The van der Waals surface area contributed by atoms with E-state index < -0.39 is 0 Å². The van der Waals surface area contributed by atoms with Crippen LogP contribution in [0, 0.1) is 17.3 Å². The standard InChI is InChI=1S/C21H30O2/c1-3-12-23-20-9-8-19-18-6-4-14-13-15(22)5-7-16(14)17(18)10-11-21(19,20)2/h5,7,13,17-20,22H,3-4,6,8-12H2,1-2H3/t17?,18?,19-,20?,21?/m0/s1. The second-order valence-electron chi connectivity index (χ2n) is 8.28. The number of benzene rings is 1. The summed E-state index contributed by atoms with van der Waals surface area (Å²) in [5.41, 5.74) is 3.32. The summed E-state index contributed by atoms with van der Waals surface area (Å²) in [4.78, 5) is 0. The van der Waals surface area contributed by atoms with Crippen LogP contribution in [0.3, 0.4) is 0 Å². The second-order valence-corrected chi connectivity index (χ2v) is 8.28. The Labute approximate surface area is 140 Å². The van der Waals surface area contributed by atoms with Gasteiger partial charge >= 0.3 is 0 Å². The maximum atomic E-state index is 9.78. The molecule has 4 unspecified atom stereocenters. The second kappa shape index (κ2) is 5.81. The van der Waals surface area contributed by atoms with Crippen LogP contribution in [0.1, 0.15) is 69.4 Å². The SMILES string of the molecule is CCCOC1CC[C@H]2C3CCc4cc(O)ccc4C3CCC12C. The fourth-order valence-electron chi connectivity index (χ4n) is 6.05. The van der Waals surface area contributed by atoms with Crippen molar-refractivity contribution < 1.29 is 9.84 Å². The lowest BCUT2D eigenvalue weighted by Crippen LogP contribution is -2.44. The first-order chi connectivity index (χ1) is 11.1. The Kier molecular flexibility index (Phi) is 3.91. The summed E-state index contributed by atoms with van der Waals surface area (Å²) >= 11 is 0. The van der Waals surface area contributed by atoms with E-state index in [1.54, 1.807) is 0 Å². The molecule has 0 bridgehead atoms. The minimum atomic E-state index is 0.394. The van der Waals surface area contributed by atoms with E-state index in [1.807, 2.05) is 12.1 Å². The van der Waals surface area contributed by atoms with Gasteiger partial charge in [-0.05, 0) is 91.4 Å². The number of hydrogen-bond acceptors (Lipinski definition) is 2. The molecule has 1 aromatic rings. The Morgan fingerprint density at radius 3 is 2.91 bits per heavy atom. The number of aromatic hydroxyl groups is 1. The number of hydrogen-bond donors (Lipinski definition) is 1. The molecule has 126 valence electrons. The molecule has 0 aliphatic heterocycles. The van der Waals surface area contributed by atoms with E-state index in [9.17, 15) is 5.11 Å². The molecule has 4 rings (SSSR count). The zero-order chi connectivity index (χ0) is 16.0. The van der Waals surface area contributed by atoms with E-state index in [4.69, 9.17) is 4.74 Å². The molecule has 1 N–H and O–H groups in total. The average Bonchev–Trinajstić information content (AvgIpc) is 2.89. The van der Waals surface area contributed by atoms with E-state index in [2.05, 4.69) is 19.9 Å². The molecule has 3 aliphatic carbocycles. The van der Waals surface area contributed by atoms with Crippen LogP contribution in [-0.2, 0) is 11.2 Å². The molecule has 2 saturated carbocycles. The highest BCUT2D eigenvalue weighted by Gasteiger charge is 2.55. The minimum absolute atomic E-state index is 0.394. The molecule has 0 heterocycles. The third-order valence-corrected chi connectivity index (χ3v) is 7.15. The van der Waals surface area contributed by atoms with Crippen molar-refractivity contribution in [2.45, 2.75) is 70.8 Å². The number of ether oxygens (including phenoxy) is 1. The Morgan fingerprint density at radius 1 is 1.22 bits per heavy atom. The van der Waals surface area contributed by atoms with E-state index in [0.29, 0.717) is 23.2 Å². The number of aryl methyl sites for hydroxylation is 1. The summed E-state index contributed by atoms with van der Waals surface area (Å²) in [7, 11) is 0. The van der Waals surface area contributed by atoms with E-state index in [1.165, 1.54) is 43.2 Å². The lowest BCUT2D eigenvalue weighted by Gasteiger charge is -2.50. The highest BCUT2D eigenvalue weighted by molar-refractivity contribution is 5.40. The van der Waals surface area contributed by atoms with Crippen LogP contribution < -0.4 is 0 Å². The van der Waals surface area contributed by atoms with Gasteiger partial charge in [-0.25, -0.2) is 0 Å². The van der Waals surface area contributed by atoms with Crippen molar-refractivity contribution in [3.8, 4) is 5.75 Å². The van der Waals surface area contributed by atoms with Crippen molar-refractivity contribution >= 4 is 0 Å². The van der Waals surface area contributed by atoms with Gasteiger partial charge < -0.3 is 9.84 Å². The van der Waals surface area contributed by atoms with Crippen LogP contribution in [-0.4, -0.2) is 17.8 Å². The summed E-state index contributed by atoms with van der Waals surface area (Å²) in [5.74, 6) is 2.78. The predicted molar refractivity (Wildman–Crippen MR) is 92.8 cm³/mol. The molecule has 0 radical (unpaired) electrons. The largest absolute Gasteiger partial charge is 0.508 e. The van der Waals surface area contributed by atoms with Gasteiger partial charge in [0.1, 0.15) is 5.75 Å². The molecule has 2 nitrogen and oxygen atoms in total. The Morgan fingerprint density at radius 2 is 2.09 bits per heavy atom. The van der Waals surface area contributed by atoms with Crippen LogP contribution in [0.15, 0.2) is 18.2 Å². The third-order valence-electron chi connectivity index (χ3n) is 7.15. The molecule has 1 aromatic carbocycles. The van der Waals surface area contributed by atoms with Crippen LogP contribution >= 0.6 is 0 Å². The highest BCUT2D eigenvalue weighted by Crippen LogP contribution is 2.61. The van der Waals surface area contributed by atoms with Crippen LogP contribution in [0.2, 0.25) is 0 Å². The monoisotopic (exact) mass is 314 g/mol. The summed E-state index contributed by atoms with van der Waals surface area (Å²) in [6.45, 7) is 5.63. The molecular formula is C21H30O2. The van der Waals surface area contributed by atoms with Gasteiger partial charge in [0.25, 0.3) is 0 Å². The van der Waals surface area contributed by atoms with Crippen LogP contribution in [0.4, 0.5) is 0 Å². The molecule has 2 fully saturated rings. The van der Waals surface area contributed by atoms with E-state index in [0.717, 1.165) is 31.3 Å². The van der Waals surface area contributed by atoms with E-state index in [-0.39, 0.29) is 0 Å². The van der Waals surface area contributed by atoms with Gasteiger partial charge in [0, 0.05) is 6.61 Å². The normalized spacial score (nSPS) is 38.7. The van der Waals surface area contributed by atoms with Gasteiger partial charge in [-0.15, -0.1) is 0 Å². The molecule has 0 aromatic heterocycles. The molecular weight excluding hydrogens is 284 g/mol. The fraction of sp³-hybridized carbons (Fsp3) is 0.714. The number of phenols is 1. The van der Waals surface area contributed by atoms with Gasteiger partial charge in [-0.3, -0.25) is 0 Å². The van der Waals surface area contributed by atoms with E-state index >= 15 is 0 Å². The quantitative estimate of drug-likeness (QED) is 0.846. The smallest absolute Gasteiger partial charge is 0.115 e. The van der Waals surface area contributed by atoms with Gasteiger partial charge in [0.15, 0.2) is 0 Å². The molecule has 5 atom stereocenters. The maximum absolute atomic E-state index is 9.78. The van der Waals surface area contributed by atoms with Crippen molar-refractivity contribution in [2.24, 2.45) is 17.3 Å². The summed E-state index contributed by atoms with van der Waals surface area (Å²) in [6.07, 6.45) is 9.23. The van der Waals surface area contributed by atoms with Gasteiger partial charge in [-0.2, -0.15) is 0 Å². The van der Waals surface area contributed by atoms with Crippen molar-refractivity contribution in [1.82, 2.24) is 0 Å². The average molecular weight is 314 g/mol. The first kappa shape index (κ1) is 15.5. The van der Waals surface area contributed by atoms with Gasteiger partial charge in [0.2, 0.25) is 0 Å². The molecule has 2 heteroatoms. The molecule has 0 saturated heterocycles. The van der Waals surface area contributed by atoms with Gasteiger partial charge in [0.05, 0.1) is 6.10 Å². The zero-order valence-electron chi connectivity index (χ0n) is 14.6. The summed E-state index contributed by atoms with van der Waals surface area (Å²) < 4.78 is 6.26. The Hall–Kier alpha value is -1.02. The lowest BCUT2D eigenvalue weighted by atomic mass is 9.55.